The molecule has 0 radical (unpaired) electrons. The van der Waals surface area contributed by atoms with Gasteiger partial charge in [0.1, 0.15) is 11.5 Å². The van der Waals surface area contributed by atoms with Crippen LogP contribution in [0.3, 0.4) is 0 Å². The molecule has 6 nitrogen and oxygen atoms in total. The maximum atomic E-state index is 13.3. The van der Waals surface area contributed by atoms with Gasteiger partial charge in [-0.3, -0.25) is 14.5 Å². The molecule has 1 saturated heterocycles. The molecule has 2 atom stereocenters. The Morgan fingerprint density at radius 2 is 1.79 bits per heavy atom. The van der Waals surface area contributed by atoms with Crippen LogP contribution in [0.2, 0.25) is 10.0 Å². The summed E-state index contributed by atoms with van der Waals surface area (Å²) in [4.78, 5) is 28.0. The number of amides is 2. The molecule has 0 aliphatic carbocycles. The maximum absolute atomic E-state index is 13.3. The minimum Gasteiger partial charge on any atom is -0.497 e. The summed E-state index contributed by atoms with van der Waals surface area (Å²) < 4.78 is 11.1. The zero-order chi connectivity index (χ0) is 24.4. The zero-order valence-corrected chi connectivity index (χ0v) is 20.5. The lowest BCUT2D eigenvalue weighted by atomic mass is 9.93. The smallest absolute Gasteiger partial charge is 0.271 e. The molecule has 3 aromatic carbocycles. The van der Waals surface area contributed by atoms with E-state index in [-0.39, 0.29) is 22.6 Å². The molecular weight excluding hydrogens is 475 g/mol. The minimum atomic E-state index is -1.02. The summed E-state index contributed by atoms with van der Waals surface area (Å²) in [7, 11) is 1.60. The largest absolute Gasteiger partial charge is 0.497 e. The minimum absolute atomic E-state index is 0.267. The highest BCUT2D eigenvalue weighted by Crippen LogP contribution is 2.36. The van der Waals surface area contributed by atoms with E-state index in [1.807, 2.05) is 56.3 Å². The van der Waals surface area contributed by atoms with Crippen molar-refractivity contribution in [1.29, 1.82) is 0 Å². The van der Waals surface area contributed by atoms with Crippen LogP contribution < -0.4 is 19.7 Å². The SMILES string of the molecule is COc1ccc(CNC(=O)C2C(Oc3ccc(Cl)cc3Cl)C(=O)N2c2cccc(C)c2C)cc1. The molecular formula is C26H24Cl2N2O4. The van der Waals surface area contributed by atoms with Crippen molar-refractivity contribution >= 4 is 40.7 Å². The number of hydrogen-bond acceptors (Lipinski definition) is 4. The first kappa shape index (κ1) is 23.9. The quantitative estimate of drug-likeness (QED) is 0.460. The van der Waals surface area contributed by atoms with E-state index in [9.17, 15) is 9.59 Å². The first-order valence-corrected chi connectivity index (χ1v) is 11.5. The third-order valence-electron chi connectivity index (χ3n) is 5.92. The Hall–Kier alpha value is -3.22. The molecule has 1 N–H and O–H groups in total. The first-order chi connectivity index (χ1) is 16.3. The predicted molar refractivity (Wildman–Crippen MR) is 133 cm³/mol. The van der Waals surface area contributed by atoms with Gasteiger partial charge >= 0.3 is 0 Å². The van der Waals surface area contributed by atoms with Crippen molar-refractivity contribution in [3.05, 3.63) is 87.4 Å². The lowest BCUT2D eigenvalue weighted by Gasteiger charge is -2.45. The fraction of sp³-hybridized carbons (Fsp3) is 0.231. The van der Waals surface area contributed by atoms with E-state index in [0.29, 0.717) is 17.3 Å². The number of rotatable bonds is 7. The molecule has 34 heavy (non-hydrogen) atoms. The molecule has 2 unspecified atom stereocenters. The molecule has 1 heterocycles. The van der Waals surface area contributed by atoms with Crippen LogP contribution in [0, 0.1) is 13.8 Å². The summed E-state index contributed by atoms with van der Waals surface area (Å²) in [5.74, 6) is 0.378. The number of anilines is 1. The summed E-state index contributed by atoms with van der Waals surface area (Å²) in [6.45, 7) is 4.18. The van der Waals surface area contributed by atoms with E-state index in [1.165, 1.54) is 11.0 Å². The van der Waals surface area contributed by atoms with Gasteiger partial charge in [-0.15, -0.1) is 0 Å². The third kappa shape index (κ3) is 4.69. The number of methoxy groups -OCH3 is 1. The van der Waals surface area contributed by atoms with Gasteiger partial charge in [0.05, 0.1) is 12.1 Å². The standard InChI is InChI=1S/C26H24Cl2N2O4/c1-15-5-4-6-21(16(15)2)30-23(25(31)29-14-17-7-10-19(33-3)11-8-17)24(26(30)32)34-22-12-9-18(27)13-20(22)28/h4-13,23-24H,14H2,1-3H3,(H,29,31). The van der Waals surface area contributed by atoms with E-state index in [4.69, 9.17) is 32.7 Å². The van der Waals surface area contributed by atoms with Gasteiger partial charge in [-0.1, -0.05) is 47.5 Å². The van der Waals surface area contributed by atoms with Crippen molar-refractivity contribution in [2.45, 2.75) is 32.5 Å². The van der Waals surface area contributed by atoms with Gasteiger partial charge in [-0.05, 0) is 66.9 Å². The fourth-order valence-corrected chi connectivity index (χ4v) is 4.29. The highest BCUT2D eigenvalue weighted by molar-refractivity contribution is 6.35. The Morgan fingerprint density at radius 1 is 1.06 bits per heavy atom. The van der Waals surface area contributed by atoms with Crippen molar-refractivity contribution in [3.63, 3.8) is 0 Å². The van der Waals surface area contributed by atoms with Crippen LogP contribution in [0.5, 0.6) is 11.5 Å². The summed E-state index contributed by atoms with van der Waals surface area (Å²) in [5, 5.41) is 3.64. The van der Waals surface area contributed by atoms with Crippen LogP contribution >= 0.6 is 23.2 Å². The number of β-lactam (4-membered cyclic amide) rings is 1. The van der Waals surface area contributed by atoms with Gasteiger partial charge in [0.25, 0.3) is 5.91 Å². The number of hydrogen-bond donors (Lipinski definition) is 1. The molecule has 0 spiro atoms. The van der Waals surface area contributed by atoms with Crippen LogP contribution in [-0.2, 0) is 16.1 Å². The Balaban J connectivity index is 1.59. The maximum Gasteiger partial charge on any atom is 0.271 e. The third-order valence-corrected chi connectivity index (χ3v) is 6.45. The van der Waals surface area contributed by atoms with Crippen LogP contribution in [-0.4, -0.2) is 31.1 Å². The van der Waals surface area contributed by atoms with E-state index < -0.39 is 12.1 Å². The monoisotopic (exact) mass is 498 g/mol. The molecule has 8 heteroatoms. The highest BCUT2D eigenvalue weighted by Gasteiger charge is 2.54. The van der Waals surface area contributed by atoms with Crippen LogP contribution in [0.25, 0.3) is 0 Å². The number of benzene rings is 3. The number of aryl methyl sites for hydroxylation is 1. The van der Waals surface area contributed by atoms with Gasteiger partial charge < -0.3 is 14.8 Å². The van der Waals surface area contributed by atoms with Gasteiger partial charge in [0.2, 0.25) is 12.0 Å². The van der Waals surface area contributed by atoms with Crippen molar-refractivity contribution in [2.75, 3.05) is 12.0 Å². The predicted octanol–water partition coefficient (Wildman–Crippen LogP) is 5.10. The second-order valence-electron chi connectivity index (χ2n) is 8.05. The first-order valence-electron chi connectivity index (χ1n) is 10.7. The van der Waals surface area contributed by atoms with E-state index >= 15 is 0 Å². The highest BCUT2D eigenvalue weighted by atomic mass is 35.5. The van der Waals surface area contributed by atoms with E-state index in [2.05, 4.69) is 5.32 Å². The number of halogens is 2. The summed E-state index contributed by atoms with van der Waals surface area (Å²) in [6.07, 6.45) is -1.02. The van der Waals surface area contributed by atoms with E-state index in [1.54, 1.807) is 19.2 Å². The topological polar surface area (TPSA) is 67.9 Å². The normalized spacial score (nSPS) is 17.2. The Morgan fingerprint density at radius 3 is 2.47 bits per heavy atom. The van der Waals surface area contributed by atoms with Crippen LogP contribution in [0.15, 0.2) is 60.7 Å². The lowest BCUT2D eigenvalue weighted by molar-refractivity contribution is -0.143. The number of carbonyl (C=O) groups excluding carboxylic acids is 2. The van der Waals surface area contributed by atoms with Gasteiger partial charge in [0, 0.05) is 17.3 Å². The van der Waals surface area contributed by atoms with Gasteiger partial charge in [0.15, 0.2) is 6.04 Å². The molecule has 0 aromatic heterocycles. The summed E-state index contributed by atoms with van der Waals surface area (Å²) in [6, 6.07) is 16.9. The molecule has 176 valence electrons. The lowest BCUT2D eigenvalue weighted by Crippen LogP contribution is -2.72. The molecule has 0 bridgehead atoms. The molecule has 3 aromatic rings. The van der Waals surface area contributed by atoms with Crippen LogP contribution in [0.1, 0.15) is 16.7 Å². The number of carbonyl (C=O) groups is 2. The molecule has 2 amide bonds. The molecule has 4 rings (SSSR count). The molecule has 1 fully saturated rings. The number of nitrogens with one attached hydrogen (secondary N) is 1. The average molecular weight is 499 g/mol. The van der Waals surface area contributed by atoms with E-state index in [0.717, 1.165) is 22.4 Å². The van der Waals surface area contributed by atoms with Crippen molar-refractivity contribution in [1.82, 2.24) is 5.32 Å². The van der Waals surface area contributed by atoms with Gasteiger partial charge in [-0.25, -0.2) is 0 Å². The van der Waals surface area contributed by atoms with Crippen molar-refractivity contribution in [3.8, 4) is 11.5 Å². The molecule has 0 saturated carbocycles. The van der Waals surface area contributed by atoms with Gasteiger partial charge in [-0.2, -0.15) is 0 Å². The molecule has 1 aliphatic heterocycles. The Kier molecular flexibility index (Phi) is 7.00. The molecule has 1 aliphatic rings. The second kappa shape index (κ2) is 9.95. The number of nitrogens with zero attached hydrogens (tertiary/aromatic N) is 1. The van der Waals surface area contributed by atoms with Crippen molar-refractivity contribution < 1.29 is 19.1 Å². The number of ether oxygens (including phenoxy) is 2. The average Bonchev–Trinajstić information content (AvgIpc) is 2.83. The summed E-state index contributed by atoms with van der Waals surface area (Å²) >= 11 is 12.2. The Labute approximate surface area is 208 Å². The fourth-order valence-electron chi connectivity index (χ4n) is 3.84. The Bertz CT molecular complexity index is 1230. The summed E-state index contributed by atoms with van der Waals surface area (Å²) in [5.41, 5.74) is 3.52. The zero-order valence-electron chi connectivity index (χ0n) is 19.0. The second-order valence-corrected chi connectivity index (χ2v) is 8.89. The van der Waals surface area contributed by atoms with Crippen molar-refractivity contribution in [2.24, 2.45) is 0 Å². The van der Waals surface area contributed by atoms with Crippen LogP contribution in [0.4, 0.5) is 5.69 Å².